The van der Waals surface area contributed by atoms with Crippen LogP contribution in [0.5, 0.6) is 0 Å². The highest BCUT2D eigenvalue weighted by atomic mass is 32.1. The van der Waals surface area contributed by atoms with Crippen LogP contribution in [0.25, 0.3) is 0 Å². The molecule has 0 saturated carbocycles. The van der Waals surface area contributed by atoms with Crippen LogP contribution in [0.1, 0.15) is 21.7 Å². The quantitative estimate of drug-likeness (QED) is 0.794. The third-order valence-electron chi connectivity index (χ3n) is 2.83. The Morgan fingerprint density at radius 1 is 1.67 bits per heavy atom. The molecule has 1 aliphatic rings. The zero-order valence-electron chi connectivity index (χ0n) is 8.95. The van der Waals surface area contributed by atoms with E-state index in [1.54, 1.807) is 7.11 Å². The van der Waals surface area contributed by atoms with Crippen LogP contribution in [0.3, 0.4) is 0 Å². The highest BCUT2D eigenvalue weighted by Gasteiger charge is 2.30. The van der Waals surface area contributed by atoms with Crippen molar-refractivity contribution in [3.05, 3.63) is 21.9 Å². The highest BCUT2D eigenvalue weighted by molar-refractivity contribution is 7.12. The molecule has 0 radical (unpaired) electrons. The Labute approximate surface area is 93.4 Å². The van der Waals surface area contributed by atoms with Gasteiger partial charge in [0.15, 0.2) is 5.78 Å². The normalized spacial score (nSPS) is 25.7. The van der Waals surface area contributed by atoms with E-state index in [0.717, 1.165) is 23.4 Å². The number of ether oxygens (including phenoxy) is 1. The number of hydrogen-bond acceptors (Lipinski definition) is 4. The summed E-state index contributed by atoms with van der Waals surface area (Å²) in [6, 6.07) is 1.92. The van der Waals surface area contributed by atoms with Gasteiger partial charge in [-0.3, -0.25) is 4.79 Å². The fourth-order valence-electron chi connectivity index (χ4n) is 1.87. The van der Waals surface area contributed by atoms with Crippen LogP contribution in [0.15, 0.2) is 11.4 Å². The van der Waals surface area contributed by atoms with Gasteiger partial charge in [-0.05, 0) is 30.4 Å². The van der Waals surface area contributed by atoms with E-state index in [1.807, 2.05) is 18.4 Å². The van der Waals surface area contributed by atoms with Gasteiger partial charge < -0.3 is 10.1 Å². The molecule has 1 aliphatic heterocycles. The number of carbonyl (C=O) groups is 1. The molecule has 0 spiro atoms. The number of thiophene rings is 1. The van der Waals surface area contributed by atoms with Crippen molar-refractivity contribution < 1.29 is 9.53 Å². The smallest absolute Gasteiger partial charge is 0.189 e. The van der Waals surface area contributed by atoms with Crippen LogP contribution in [-0.4, -0.2) is 31.6 Å². The minimum absolute atomic E-state index is 0.0627. The minimum atomic E-state index is -0.0627. The van der Waals surface area contributed by atoms with Crippen LogP contribution in [0, 0.1) is 6.92 Å². The van der Waals surface area contributed by atoms with Crippen LogP contribution < -0.4 is 5.32 Å². The third-order valence-corrected chi connectivity index (χ3v) is 3.86. The summed E-state index contributed by atoms with van der Waals surface area (Å²) in [5, 5.41) is 5.17. The molecule has 0 amide bonds. The second kappa shape index (κ2) is 4.43. The fourth-order valence-corrected chi connectivity index (χ4v) is 2.79. The first-order chi connectivity index (χ1) is 7.22. The van der Waals surface area contributed by atoms with Crippen molar-refractivity contribution in [1.29, 1.82) is 0 Å². The summed E-state index contributed by atoms with van der Waals surface area (Å²) in [6.07, 6.45) is 0.964. The highest BCUT2D eigenvalue weighted by Crippen LogP contribution is 2.21. The first-order valence-electron chi connectivity index (χ1n) is 5.07. The van der Waals surface area contributed by atoms with E-state index in [-0.39, 0.29) is 17.9 Å². The Morgan fingerprint density at radius 2 is 2.47 bits per heavy atom. The summed E-state index contributed by atoms with van der Waals surface area (Å²) in [5.41, 5.74) is 1.08. The lowest BCUT2D eigenvalue weighted by Gasteiger charge is -2.08. The number of methoxy groups -OCH3 is 1. The summed E-state index contributed by atoms with van der Waals surface area (Å²) >= 11 is 1.52. The zero-order chi connectivity index (χ0) is 10.8. The van der Waals surface area contributed by atoms with E-state index in [4.69, 9.17) is 4.74 Å². The van der Waals surface area contributed by atoms with Gasteiger partial charge in [0.1, 0.15) is 0 Å². The van der Waals surface area contributed by atoms with E-state index in [9.17, 15) is 4.79 Å². The molecular formula is C11H15NO2S. The molecule has 1 fully saturated rings. The Bertz CT molecular complexity index is 361. The SMILES string of the molecule is COC1CNC(C(=O)c2sccc2C)C1. The van der Waals surface area contributed by atoms with E-state index in [1.165, 1.54) is 11.3 Å². The maximum atomic E-state index is 12.1. The molecule has 1 N–H and O–H groups in total. The van der Waals surface area contributed by atoms with Crippen molar-refractivity contribution in [2.45, 2.75) is 25.5 Å². The molecule has 2 rings (SSSR count). The van der Waals surface area contributed by atoms with Gasteiger partial charge in [-0.15, -0.1) is 11.3 Å². The molecule has 1 aromatic heterocycles. The molecule has 2 unspecified atom stereocenters. The van der Waals surface area contributed by atoms with Crippen molar-refractivity contribution >= 4 is 17.1 Å². The topological polar surface area (TPSA) is 38.3 Å². The number of carbonyl (C=O) groups excluding carboxylic acids is 1. The maximum absolute atomic E-state index is 12.1. The van der Waals surface area contributed by atoms with Gasteiger partial charge in [-0.25, -0.2) is 0 Å². The van der Waals surface area contributed by atoms with E-state index >= 15 is 0 Å². The minimum Gasteiger partial charge on any atom is -0.380 e. The predicted molar refractivity (Wildman–Crippen MR) is 60.6 cm³/mol. The summed E-state index contributed by atoms with van der Waals surface area (Å²) in [7, 11) is 1.69. The number of hydrogen-bond donors (Lipinski definition) is 1. The van der Waals surface area contributed by atoms with Crippen molar-refractivity contribution in [2.75, 3.05) is 13.7 Å². The van der Waals surface area contributed by atoms with E-state index in [0.29, 0.717) is 0 Å². The molecule has 1 saturated heterocycles. The molecule has 0 aromatic carbocycles. The largest absolute Gasteiger partial charge is 0.380 e. The van der Waals surface area contributed by atoms with Crippen molar-refractivity contribution in [2.24, 2.45) is 0 Å². The molecule has 2 atom stereocenters. The van der Waals surface area contributed by atoms with Crippen molar-refractivity contribution in [1.82, 2.24) is 5.32 Å². The maximum Gasteiger partial charge on any atom is 0.189 e. The summed E-state index contributed by atoms with van der Waals surface area (Å²) in [4.78, 5) is 13.0. The van der Waals surface area contributed by atoms with Gasteiger partial charge in [-0.2, -0.15) is 0 Å². The lowest BCUT2D eigenvalue weighted by molar-refractivity contribution is 0.0922. The Morgan fingerprint density at radius 3 is 3.00 bits per heavy atom. The number of aryl methyl sites for hydroxylation is 1. The summed E-state index contributed by atoms with van der Waals surface area (Å²) < 4.78 is 5.23. The van der Waals surface area contributed by atoms with Gasteiger partial charge in [0.2, 0.25) is 0 Å². The standard InChI is InChI=1S/C11H15NO2S/c1-7-3-4-15-11(7)10(13)9-5-8(14-2)6-12-9/h3-4,8-9,12H,5-6H2,1-2H3. The molecule has 3 nitrogen and oxygen atoms in total. The van der Waals surface area contributed by atoms with Crippen LogP contribution in [0.4, 0.5) is 0 Å². The molecule has 2 heterocycles. The Hall–Kier alpha value is -0.710. The van der Waals surface area contributed by atoms with Crippen LogP contribution in [-0.2, 0) is 4.74 Å². The molecule has 82 valence electrons. The molecule has 1 aromatic rings. The van der Waals surface area contributed by atoms with Gasteiger partial charge in [0.05, 0.1) is 17.0 Å². The molecule has 15 heavy (non-hydrogen) atoms. The van der Waals surface area contributed by atoms with Crippen LogP contribution in [0.2, 0.25) is 0 Å². The fraction of sp³-hybridized carbons (Fsp3) is 0.545. The number of nitrogens with one attached hydrogen (secondary N) is 1. The molecule has 0 bridgehead atoms. The number of ketones is 1. The zero-order valence-corrected chi connectivity index (χ0v) is 9.76. The summed E-state index contributed by atoms with van der Waals surface area (Å²) in [6.45, 7) is 2.75. The first kappa shape index (κ1) is 10.8. The Kier molecular flexibility index (Phi) is 3.19. The van der Waals surface area contributed by atoms with E-state index < -0.39 is 0 Å². The second-order valence-corrected chi connectivity index (χ2v) is 4.77. The number of Topliss-reactive ketones (excluding diaryl/α,β-unsaturated/α-hetero) is 1. The number of rotatable bonds is 3. The average molecular weight is 225 g/mol. The average Bonchev–Trinajstić information content (AvgIpc) is 2.84. The van der Waals surface area contributed by atoms with Crippen molar-refractivity contribution in [3.63, 3.8) is 0 Å². The molecular weight excluding hydrogens is 210 g/mol. The van der Waals surface area contributed by atoms with Gasteiger partial charge in [0.25, 0.3) is 0 Å². The monoisotopic (exact) mass is 225 g/mol. The lowest BCUT2D eigenvalue weighted by atomic mass is 10.1. The molecule has 4 heteroatoms. The first-order valence-corrected chi connectivity index (χ1v) is 5.95. The van der Waals surface area contributed by atoms with E-state index in [2.05, 4.69) is 5.32 Å². The van der Waals surface area contributed by atoms with Gasteiger partial charge in [-0.1, -0.05) is 0 Å². The predicted octanol–water partition coefficient (Wildman–Crippen LogP) is 1.62. The second-order valence-electron chi connectivity index (χ2n) is 3.85. The van der Waals surface area contributed by atoms with Crippen LogP contribution >= 0.6 is 11.3 Å². The third kappa shape index (κ3) is 2.12. The Balaban J connectivity index is 2.07. The molecule has 0 aliphatic carbocycles. The van der Waals surface area contributed by atoms with Crippen molar-refractivity contribution in [3.8, 4) is 0 Å². The van der Waals surface area contributed by atoms with Gasteiger partial charge in [0, 0.05) is 13.7 Å². The summed E-state index contributed by atoms with van der Waals surface area (Å²) in [5.74, 6) is 0.210. The van der Waals surface area contributed by atoms with Gasteiger partial charge >= 0.3 is 0 Å². The lowest BCUT2D eigenvalue weighted by Crippen LogP contribution is -2.30.